The van der Waals surface area contributed by atoms with E-state index >= 15 is 0 Å². The molecule has 1 amide bonds. The molecule has 0 fully saturated rings. The van der Waals surface area contributed by atoms with Crippen LogP contribution in [0, 0.1) is 0 Å². The maximum atomic E-state index is 11.6. The van der Waals surface area contributed by atoms with E-state index in [9.17, 15) is 4.79 Å². The van der Waals surface area contributed by atoms with Crippen molar-refractivity contribution in [3.63, 3.8) is 0 Å². The number of methoxy groups -OCH3 is 4. The second kappa shape index (κ2) is 8.18. The van der Waals surface area contributed by atoms with Gasteiger partial charge in [-0.3, -0.25) is 10.2 Å². The Kier molecular flexibility index (Phi) is 6.57. The van der Waals surface area contributed by atoms with Crippen molar-refractivity contribution in [2.75, 3.05) is 35.0 Å². The number of ether oxygens (including phenoxy) is 5. The number of benzene rings is 1. The molecule has 0 bridgehead atoms. The summed E-state index contributed by atoms with van der Waals surface area (Å²) in [5, 5.41) is 0. The highest BCUT2D eigenvalue weighted by Gasteiger charge is 2.21. The maximum absolute atomic E-state index is 11.6. The Balaban J connectivity index is 3.09. The molecule has 1 rings (SSSR count). The summed E-state index contributed by atoms with van der Waals surface area (Å²) in [4.78, 5) is 11.6. The lowest BCUT2D eigenvalue weighted by Gasteiger charge is -2.19. The Morgan fingerprint density at radius 2 is 1.71 bits per heavy atom. The Labute approximate surface area is 123 Å². The molecule has 8 heteroatoms. The fraction of sp³-hybridized carbons (Fsp3) is 0.462. The normalized spacial score (nSPS) is 11.5. The third-order valence-electron chi connectivity index (χ3n) is 2.67. The van der Waals surface area contributed by atoms with E-state index in [1.54, 1.807) is 12.1 Å². The SMILES string of the molecule is COCC(Oc1cc(OC)c(OC)c(OC)c1)C(=O)NN. The quantitative estimate of drug-likeness (QED) is 0.399. The van der Waals surface area contributed by atoms with Crippen LogP contribution in [0.15, 0.2) is 12.1 Å². The van der Waals surface area contributed by atoms with E-state index in [-0.39, 0.29) is 6.61 Å². The van der Waals surface area contributed by atoms with E-state index in [1.165, 1.54) is 28.4 Å². The molecule has 21 heavy (non-hydrogen) atoms. The van der Waals surface area contributed by atoms with Gasteiger partial charge in [0, 0.05) is 19.2 Å². The predicted molar refractivity (Wildman–Crippen MR) is 74.7 cm³/mol. The van der Waals surface area contributed by atoms with E-state index in [1.807, 2.05) is 5.43 Å². The Morgan fingerprint density at radius 3 is 2.10 bits per heavy atom. The second-order valence-electron chi connectivity index (χ2n) is 3.93. The smallest absolute Gasteiger partial charge is 0.277 e. The number of rotatable bonds is 8. The van der Waals surface area contributed by atoms with Crippen LogP contribution in [0.3, 0.4) is 0 Å². The molecule has 0 aliphatic heterocycles. The first-order valence-electron chi connectivity index (χ1n) is 6.07. The number of amides is 1. The van der Waals surface area contributed by atoms with E-state index in [0.717, 1.165) is 0 Å². The largest absolute Gasteiger partial charge is 0.493 e. The summed E-state index contributed by atoms with van der Waals surface area (Å²) >= 11 is 0. The third-order valence-corrected chi connectivity index (χ3v) is 2.67. The van der Waals surface area contributed by atoms with Gasteiger partial charge in [0.05, 0.1) is 27.9 Å². The predicted octanol–water partition coefficient (Wildman–Crippen LogP) is 0.0961. The molecule has 8 nitrogen and oxygen atoms in total. The molecule has 0 radical (unpaired) electrons. The van der Waals surface area contributed by atoms with Crippen LogP contribution >= 0.6 is 0 Å². The van der Waals surface area contributed by atoms with Gasteiger partial charge in [-0.1, -0.05) is 0 Å². The Morgan fingerprint density at radius 1 is 1.14 bits per heavy atom. The number of nitrogens with one attached hydrogen (secondary N) is 1. The van der Waals surface area contributed by atoms with Crippen LogP contribution in [0.1, 0.15) is 0 Å². The lowest BCUT2D eigenvalue weighted by molar-refractivity contribution is -0.130. The number of nitrogens with two attached hydrogens (primary N) is 1. The molecular weight excluding hydrogens is 280 g/mol. The van der Waals surface area contributed by atoms with Gasteiger partial charge in [0.25, 0.3) is 5.91 Å². The van der Waals surface area contributed by atoms with E-state index in [2.05, 4.69) is 0 Å². The van der Waals surface area contributed by atoms with Gasteiger partial charge in [0.15, 0.2) is 11.5 Å². The minimum atomic E-state index is -0.900. The fourth-order valence-corrected chi connectivity index (χ4v) is 1.70. The van der Waals surface area contributed by atoms with E-state index < -0.39 is 12.0 Å². The topological polar surface area (TPSA) is 101 Å². The van der Waals surface area contributed by atoms with Crippen molar-refractivity contribution in [2.45, 2.75) is 6.10 Å². The molecule has 0 heterocycles. The van der Waals surface area contributed by atoms with Crippen molar-refractivity contribution in [2.24, 2.45) is 5.84 Å². The molecule has 0 saturated carbocycles. The summed E-state index contributed by atoms with van der Waals surface area (Å²) in [5.74, 6) is 6.21. The van der Waals surface area contributed by atoms with Gasteiger partial charge in [-0.25, -0.2) is 5.84 Å². The first kappa shape index (κ1) is 16.9. The molecule has 0 aliphatic rings. The lowest BCUT2D eigenvalue weighted by Crippen LogP contribution is -2.44. The maximum Gasteiger partial charge on any atom is 0.277 e. The van der Waals surface area contributed by atoms with Gasteiger partial charge in [-0.15, -0.1) is 0 Å². The zero-order chi connectivity index (χ0) is 15.8. The van der Waals surface area contributed by atoms with Crippen LogP contribution in [0.25, 0.3) is 0 Å². The molecule has 1 aromatic carbocycles. The summed E-state index contributed by atoms with van der Waals surface area (Å²) in [7, 11) is 5.92. The van der Waals surface area contributed by atoms with Gasteiger partial charge >= 0.3 is 0 Å². The molecule has 0 spiro atoms. The van der Waals surface area contributed by atoms with Gasteiger partial charge in [0.1, 0.15) is 5.75 Å². The summed E-state index contributed by atoms with van der Waals surface area (Å²) in [6, 6.07) is 3.15. The van der Waals surface area contributed by atoms with Crippen LogP contribution in [0.2, 0.25) is 0 Å². The lowest BCUT2D eigenvalue weighted by atomic mass is 10.2. The van der Waals surface area contributed by atoms with Crippen LogP contribution in [0.4, 0.5) is 0 Å². The van der Waals surface area contributed by atoms with Crippen molar-refractivity contribution < 1.29 is 28.5 Å². The highest BCUT2D eigenvalue weighted by molar-refractivity contribution is 5.80. The highest BCUT2D eigenvalue weighted by Crippen LogP contribution is 2.40. The average molecular weight is 300 g/mol. The van der Waals surface area contributed by atoms with Gasteiger partial charge in [-0.05, 0) is 0 Å². The molecule has 0 aromatic heterocycles. The number of carbonyl (C=O) groups excluding carboxylic acids is 1. The minimum absolute atomic E-state index is 0.0414. The molecular formula is C13H20N2O6. The molecule has 118 valence electrons. The zero-order valence-corrected chi connectivity index (χ0v) is 12.5. The van der Waals surface area contributed by atoms with Gasteiger partial charge < -0.3 is 23.7 Å². The van der Waals surface area contributed by atoms with Crippen molar-refractivity contribution in [1.82, 2.24) is 5.43 Å². The summed E-state index contributed by atoms with van der Waals surface area (Å²) in [6.07, 6.45) is -0.900. The van der Waals surface area contributed by atoms with Crippen LogP contribution in [0.5, 0.6) is 23.0 Å². The van der Waals surface area contributed by atoms with Gasteiger partial charge in [-0.2, -0.15) is 0 Å². The first-order chi connectivity index (χ1) is 10.1. The number of hydrazine groups is 1. The van der Waals surface area contributed by atoms with Crippen LogP contribution < -0.4 is 30.2 Å². The van der Waals surface area contributed by atoms with E-state index in [4.69, 9.17) is 29.5 Å². The Hall–Kier alpha value is -2.19. The van der Waals surface area contributed by atoms with Gasteiger partial charge in [0.2, 0.25) is 11.9 Å². The number of hydrogen-bond acceptors (Lipinski definition) is 7. The summed E-state index contributed by atoms with van der Waals surface area (Å²) in [6.45, 7) is 0.0414. The molecule has 0 aliphatic carbocycles. The molecule has 3 N–H and O–H groups in total. The third kappa shape index (κ3) is 4.14. The van der Waals surface area contributed by atoms with Crippen LogP contribution in [-0.2, 0) is 9.53 Å². The molecule has 0 saturated heterocycles. The van der Waals surface area contributed by atoms with Crippen LogP contribution in [-0.4, -0.2) is 47.1 Å². The zero-order valence-electron chi connectivity index (χ0n) is 12.5. The minimum Gasteiger partial charge on any atom is -0.493 e. The molecule has 1 unspecified atom stereocenters. The number of carbonyl (C=O) groups is 1. The van der Waals surface area contributed by atoms with Crippen molar-refractivity contribution >= 4 is 5.91 Å². The highest BCUT2D eigenvalue weighted by atomic mass is 16.5. The average Bonchev–Trinajstić information content (AvgIpc) is 2.52. The molecule has 1 atom stereocenters. The Bertz CT molecular complexity index is 455. The van der Waals surface area contributed by atoms with Crippen molar-refractivity contribution in [3.05, 3.63) is 12.1 Å². The molecule has 1 aromatic rings. The summed E-state index contributed by atoms with van der Waals surface area (Å²) in [5.41, 5.74) is 2.02. The fourth-order valence-electron chi connectivity index (χ4n) is 1.70. The van der Waals surface area contributed by atoms with Crippen molar-refractivity contribution in [1.29, 1.82) is 0 Å². The first-order valence-corrected chi connectivity index (χ1v) is 6.07. The standard InChI is InChI=1S/C13H20N2O6/c1-17-7-11(13(16)15-14)21-8-5-9(18-2)12(20-4)10(6-8)19-3/h5-6,11H,7,14H2,1-4H3,(H,15,16). The van der Waals surface area contributed by atoms with Crippen molar-refractivity contribution in [3.8, 4) is 23.0 Å². The van der Waals surface area contributed by atoms with E-state index in [0.29, 0.717) is 23.0 Å². The monoisotopic (exact) mass is 300 g/mol. The summed E-state index contributed by atoms with van der Waals surface area (Å²) < 4.78 is 26.1. The number of hydrogen-bond donors (Lipinski definition) is 2. The second-order valence-corrected chi connectivity index (χ2v) is 3.93.